The minimum absolute atomic E-state index is 0.294. The molecule has 106 valence electrons. The summed E-state index contributed by atoms with van der Waals surface area (Å²) in [4.78, 5) is 2.43. The molecule has 1 saturated heterocycles. The molecule has 0 aliphatic carbocycles. The third kappa shape index (κ3) is 3.80. The summed E-state index contributed by atoms with van der Waals surface area (Å²) < 4.78 is 0. The van der Waals surface area contributed by atoms with E-state index < -0.39 is 5.60 Å². The predicted octanol–water partition coefficient (Wildman–Crippen LogP) is 3.37. The van der Waals surface area contributed by atoms with Gasteiger partial charge < -0.3 is 5.11 Å². The van der Waals surface area contributed by atoms with Crippen molar-refractivity contribution < 1.29 is 5.11 Å². The lowest BCUT2D eigenvalue weighted by Crippen LogP contribution is -2.45. The average molecular weight is 261 g/mol. The van der Waals surface area contributed by atoms with E-state index in [1.807, 2.05) is 13.8 Å². The number of aryl methyl sites for hydroxylation is 1. The van der Waals surface area contributed by atoms with Crippen molar-refractivity contribution in [2.24, 2.45) is 0 Å². The van der Waals surface area contributed by atoms with E-state index in [0.717, 1.165) is 25.9 Å². The fourth-order valence-electron chi connectivity index (χ4n) is 3.15. The van der Waals surface area contributed by atoms with Crippen LogP contribution in [0.25, 0.3) is 0 Å². The van der Waals surface area contributed by atoms with E-state index in [9.17, 15) is 5.11 Å². The number of aliphatic hydroxyl groups is 1. The predicted molar refractivity (Wildman–Crippen MR) is 80.2 cm³/mol. The van der Waals surface area contributed by atoms with Crippen LogP contribution in [0.5, 0.6) is 0 Å². The van der Waals surface area contributed by atoms with E-state index in [1.54, 1.807) is 0 Å². The van der Waals surface area contributed by atoms with Gasteiger partial charge in [0.25, 0.3) is 0 Å². The molecule has 1 aromatic rings. The van der Waals surface area contributed by atoms with E-state index in [1.165, 1.54) is 24.0 Å². The van der Waals surface area contributed by atoms with Crippen molar-refractivity contribution in [1.29, 1.82) is 0 Å². The Labute approximate surface area is 117 Å². The molecule has 1 atom stereocenters. The molecule has 0 aromatic heterocycles. The maximum absolute atomic E-state index is 10.2. The topological polar surface area (TPSA) is 23.5 Å². The Kier molecular flexibility index (Phi) is 4.64. The molecule has 1 aliphatic heterocycles. The van der Waals surface area contributed by atoms with Gasteiger partial charge in [0.05, 0.1) is 5.60 Å². The zero-order valence-electron chi connectivity index (χ0n) is 12.5. The van der Waals surface area contributed by atoms with Gasteiger partial charge in [-0.25, -0.2) is 0 Å². The summed E-state index contributed by atoms with van der Waals surface area (Å²) in [5.41, 5.74) is 2.18. The summed E-state index contributed by atoms with van der Waals surface area (Å²) in [6, 6.07) is 9.26. The van der Waals surface area contributed by atoms with Crippen molar-refractivity contribution >= 4 is 0 Å². The molecule has 0 amide bonds. The quantitative estimate of drug-likeness (QED) is 0.878. The summed E-state index contributed by atoms with van der Waals surface area (Å²) >= 11 is 0. The van der Waals surface area contributed by atoms with Gasteiger partial charge in [-0.05, 0) is 50.8 Å². The number of rotatable bonds is 5. The normalized spacial score (nSPS) is 20.9. The Balaban J connectivity index is 2.00. The summed E-state index contributed by atoms with van der Waals surface area (Å²) in [6.07, 6.45) is 4.67. The smallest absolute Gasteiger partial charge is 0.0746 e. The summed E-state index contributed by atoms with van der Waals surface area (Å²) in [6.45, 7) is 8.14. The van der Waals surface area contributed by atoms with Crippen LogP contribution >= 0.6 is 0 Å². The lowest BCUT2D eigenvalue weighted by molar-refractivity contribution is -0.00501. The van der Waals surface area contributed by atoms with Crippen molar-refractivity contribution in [2.75, 3.05) is 6.54 Å². The molecular weight excluding hydrogens is 234 g/mol. The fraction of sp³-hybridized carbons (Fsp3) is 0.647. The highest BCUT2D eigenvalue weighted by Crippen LogP contribution is 2.28. The number of likely N-dealkylation sites (tertiary alicyclic amines) is 1. The molecule has 0 radical (unpaired) electrons. The molecular formula is C17H27NO. The van der Waals surface area contributed by atoms with Gasteiger partial charge in [0, 0.05) is 12.6 Å². The van der Waals surface area contributed by atoms with Crippen LogP contribution < -0.4 is 0 Å². The maximum Gasteiger partial charge on any atom is 0.0746 e. The minimum Gasteiger partial charge on any atom is -0.389 e. The van der Waals surface area contributed by atoms with Gasteiger partial charge in [0.15, 0.2) is 0 Å². The van der Waals surface area contributed by atoms with E-state index in [2.05, 4.69) is 36.1 Å². The molecule has 1 aliphatic rings. The highest BCUT2D eigenvalue weighted by atomic mass is 16.3. The third-order valence-corrected chi connectivity index (χ3v) is 4.13. The second-order valence-electron chi connectivity index (χ2n) is 6.35. The monoisotopic (exact) mass is 261 g/mol. The summed E-state index contributed by atoms with van der Waals surface area (Å²) in [5.74, 6) is 0. The van der Waals surface area contributed by atoms with Gasteiger partial charge in [-0.1, -0.05) is 37.6 Å². The fourth-order valence-corrected chi connectivity index (χ4v) is 3.15. The molecule has 1 aromatic carbocycles. The summed E-state index contributed by atoms with van der Waals surface area (Å²) in [5, 5.41) is 10.2. The van der Waals surface area contributed by atoms with Crippen molar-refractivity contribution in [2.45, 2.75) is 64.6 Å². The highest BCUT2D eigenvalue weighted by Gasteiger charge is 2.35. The average Bonchev–Trinajstić information content (AvgIpc) is 2.80. The van der Waals surface area contributed by atoms with Gasteiger partial charge in [0.2, 0.25) is 0 Å². The summed E-state index contributed by atoms with van der Waals surface area (Å²) in [7, 11) is 0. The molecule has 1 N–H and O–H groups in total. The van der Waals surface area contributed by atoms with E-state index in [4.69, 9.17) is 0 Å². The molecule has 1 unspecified atom stereocenters. The maximum atomic E-state index is 10.2. The van der Waals surface area contributed by atoms with Crippen LogP contribution in [-0.2, 0) is 13.0 Å². The number of hydrogen-bond acceptors (Lipinski definition) is 2. The SMILES string of the molecule is CCCc1ccc(CN2CCCC2C(C)(C)O)cc1. The lowest BCUT2D eigenvalue weighted by atomic mass is 9.96. The van der Waals surface area contributed by atoms with Crippen LogP contribution in [0.1, 0.15) is 51.2 Å². The zero-order chi connectivity index (χ0) is 13.9. The first-order chi connectivity index (χ1) is 9.00. The molecule has 0 bridgehead atoms. The Hall–Kier alpha value is -0.860. The van der Waals surface area contributed by atoms with Gasteiger partial charge in [-0.2, -0.15) is 0 Å². The van der Waals surface area contributed by atoms with Crippen molar-refractivity contribution in [3.63, 3.8) is 0 Å². The second-order valence-corrected chi connectivity index (χ2v) is 6.35. The minimum atomic E-state index is -0.599. The molecule has 2 nitrogen and oxygen atoms in total. The lowest BCUT2D eigenvalue weighted by Gasteiger charge is -2.33. The first-order valence-corrected chi connectivity index (χ1v) is 7.55. The van der Waals surface area contributed by atoms with Gasteiger partial charge >= 0.3 is 0 Å². The molecule has 1 heterocycles. The molecule has 0 saturated carbocycles. The van der Waals surface area contributed by atoms with Gasteiger partial charge in [0.1, 0.15) is 0 Å². The van der Waals surface area contributed by atoms with Crippen LogP contribution in [0.3, 0.4) is 0 Å². The largest absolute Gasteiger partial charge is 0.389 e. The number of nitrogens with zero attached hydrogens (tertiary/aromatic N) is 1. The van der Waals surface area contributed by atoms with Crippen molar-refractivity contribution in [3.8, 4) is 0 Å². The molecule has 1 fully saturated rings. The zero-order valence-corrected chi connectivity index (χ0v) is 12.5. The molecule has 2 heteroatoms. The second kappa shape index (κ2) is 6.06. The van der Waals surface area contributed by atoms with Crippen LogP contribution in [-0.4, -0.2) is 28.2 Å². The Morgan fingerprint density at radius 1 is 1.21 bits per heavy atom. The van der Waals surface area contributed by atoms with Crippen LogP contribution in [0, 0.1) is 0 Å². The Morgan fingerprint density at radius 3 is 2.42 bits per heavy atom. The van der Waals surface area contributed by atoms with Crippen molar-refractivity contribution in [3.05, 3.63) is 35.4 Å². The van der Waals surface area contributed by atoms with Crippen LogP contribution in [0.4, 0.5) is 0 Å². The highest BCUT2D eigenvalue weighted by molar-refractivity contribution is 5.22. The van der Waals surface area contributed by atoms with E-state index >= 15 is 0 Å². The standard InChI is InChI=1S/C17H27NO/c1-4-6-14-8-10-15(11-9-14)13-18-12-5-7-16(18)17(2,3)19/h8-11,16,19H,4-7,12-13H2,1-3H3. The molecule has 2 rings (SSSR count). The first kappa shape index (κ1) is 14.5. The number of hydrogen-bond donors (Lipinski definition) is 1. The van der Waals surface area contributed by atoms with Crippen molar-refractivity contribution in [1.82, 2.24) is 4.90 Å². The molecule has 0 spiro atoms. The van der Waals surface area contributed by atoms with E-state index in [0.29, 0.717) is 6.04 Å². The third-order valence-electron chi connectivity index (χ3n) is 4.13. The Bertz CT molecular complexity index is 391. The van der Waals surface area contributed by atoms with Crippen LogP contribution in [0.15, 0.2) is 24.3 Å². The van der Waals surface area contributed by atoms with Crippen LogP contribution in [0.2, 0.25) is 0 Å². The van der Waals surface area contributed by atoms with Gasteiger partial charge in [-0.15, -0.1) is 0 Å². The molecule has 19 heavy (non-hydrogen) atoms. The van der Waals surface area contributed by atoms with E-state index in [-0.39, 0.29) is 0 Å². The number of benzene rings is 1. The first-order valence-electron chi connectivity index (χ1n) is 7.55. The van der Waals surface area contributed by atoms with Gasteiger partial charge in [-0.3, -0.25) is 4.90 Å². The Morgan fingerprint density at radius 2 is 1.84 bits per heavy atom.